The first-order valence-electron chi connectivity index (χ1n) is 7.37. The quantitative estimate of drug-likeness (QED) is 0.926. The molecule has 7 heteroatoms. The van der Waals surface area contributed by atoms with E-state index in [1.54, 1.807) is 22.7 Å². The summed E-state index contributed by atoms with van der Waals surface area (Å²) in [5.41, 5.74) is 0. The van der Waals surface area contributed by atoms with Gasteiger partial charge in [-0.2, -0.15) is 0 Å². The van der Waals surface area contributed by atoms with Crippen molar-refractivity contribution in [2.75, 3.05) is 39.8 Å². The van der Waals surface area contributed by atoms with Gasteiger partial charge in [0.05, 0.1) is 4.88 Å². The third-order valence-corrected chi connectivity index (χ3v) is 5.94. The second kappa shape index (κ2) is 6.76. The lowest BCUT2D eigenvalue weighted by molar-refractivity contribution is -0.132. The molecule has 0 spiro atoms. The number of carbonyl (C=O) groups excluding carboxylic acids is 2. The average molecular weight is 337 g/mol. The maximum Gasteiger partial charge on any atom is 0.264 e. The molecule has 0 aromatic carbocycles. The highest BCUT2D eigenvalue weighted by atomic mass is 32.1. The topological polar surface area (TPSA) is 52.7 Å². The number of nitrogens with zero attached hydrogens (tertiary/aromatic N) is 2. The van der Waals surface area contributed by atoms with Gasteiger partial charge in [-0.05, 0) is 24.6 Å². The maximum atomic E-state index is 12.5. The predicted molar refractivity (Wildman–Crippen MR) is 90.7 cm³/mol. The summed E-state index contributed by atoms with van der Waals surface area (Å²) >= 11 is 3.22. The summed E-state index contributed by atoms with van der Waals surface area (Å²) in [6.45, 7) is 3.21. The van der Waals surface area contributed by atoms with Crippen LogP contribution in [0, 0.1) is 0 Å². The van der Waals surface area contributed by atoms with Crippen molar-refractivity contribution in [1.82, 2.24) is 15.1 Å². The van der Waals surface area contributed by atoms with Crippen molar-refractivity contribution in [1.29, 1.82) is 0 Å². The van der Waals surface area contributed by atoms with Crippen molar-refractivity contribution in [2.24, 2.45) is 0 Å². The molecule has 5 nitrogen and oxygen atoms in total. The van der Waals surface area contributed by atoms with Gasteiger partial charge in [-0.15, -0.1) is 22.7 Å². The Morgan fingerprint density at radius 1 is 1.18 bits per heavy atom. The molecule has 0 atom stereocenters. The molecule has 1 aliphatic heterocycles. The zero-order valence-electron chi connectivity index (χ0n) is 12.5. The molecule has 2 aromatic heterocycles. The summed E-state index contributed by atoms with van der Waals surface area (Å²) in [4.78, 5) is 29.0. The number of thiophene rings is 2. The second-order valence-corrected chi connectivity index (χ2v) is 7.32. The standard InChI is InChI=1S/C15H19N3O2S2/c1-16-4-2-14(19)17-5-7-18(8-6-17)15(20)13-10-12-11(22-13)3-9-21-12/h3,9-10,16H,2,4-8H2,1H3. The molecule has 0 bridgehead atoms. The normalized spacial score (nSPS) is 15.5. The molecule has 118 valence electrons. The third-order valence-electron chi connectivity index (χ3n) is 3.86. The number of rotatable bonds is 4. The Bertz CT molecular complexity index is 643. The van der Waals surface area contributed by atoms with Crippen LogP contribution in [0.3, 0.4) is 0 Å². The van der Waals surface area contributed by atoms with E-state index < -0.39 is 0 Å². The molecule has 2 amide bonds. The summed E-state index contributed by atoms with van der Waals surface area (Å²) in [6, 6.07) is 4.04. The van der Waals surface area contributed by atoms with Crippen molar-refractivity contribution in [2.45, 2.75) is 6.42 Å². The largest absolute Gasteiger partial charge is 0.339 e. The number of hydrogen-bond donors (Lipinski definition) is 1. The molecule has 1 N–H and O–H groups in total. The van der Waals surface area contributed by atoms with Crippen LogP contribution < -0.4 is 5.32 Å². The molecule has 3 heterocycles. The molecule has 0 radical (unpaired) electrons. The summed E-state index contributed by atoms with van der Waals surface area (Å²) in [6.07, 6.45) is 0.519. The molecule has 22 heavy (non-hydrogen) atoms. The van der Waals surface area contributed by atoms with Crippen molar-refractivity contribution in [3.8, 4) is 0 Å². The maximum absolute atomic E-state index is 12.5. The van der Waals surface area contributed by atoms with Gasteiger partial charge in [-0.3, -0.25) is 9.59 Å². The smallest absolute Gasteiger partial charge is 0.264 e. The Balaban J connectivity index is 1.57. The van der Waals surface area contributed by atoms with E-state index >= 15 is 0 Å². The lowest BCUT2D eigenvalue weighted by Crippen LogP contribution is -2.50. The minimum atomic E-state index is 0.0933. The highest BCUT2D eigenvalue weighted by Gasteiger charge is 2.25. The van der Waals surface area contributed by atoms with Crippen molar-refractivity contribution in [3.63, 3.8) is 0 Å². The van der Waals surface area contributed by atoms with Crippen LogP contribution in [-0.2, 0) is 4.79 Å². The number of amides is 2. The van der Waals surface area contributed by atoms with Gasteiger partial charge in [0.1, 0.15) is 0 Å². The molecule has 0 aliphatic carbocycles. The van der Waals surface area contributed by atoms with Crippen molar-refractivity contribution in [3.05, 3.63) is 22.4 Å². The average Bonchev–Trinajstić information content (AvgIpc) is 3.13. The molecule has 0 unspecified atom stereocenters. The van der Waals surface area contributed by atoms with Gasteiger partial charge in [0.15, 0.2) is 0 Å². The van der Waals surface area contributed by atoms with Crippen LogP contribution in [0.15, 0.2) is 17.5 Å². The molecule has 3 rings (SSSR count). The summed E-state index contributed by atoms with van der Waals surface area (Å²) in [5.74, 6) is 0.258. The first kappa shape index (κ1) is 15.5. The summed E-state index contributed by atoms with van der Waals surface area (Å²) in [5, 5.41) is 5.03. The first-order chi connectivity index (χ1) is 10.7. The van der Waals surface area contributed by atoms with Gasteiger partial charge >= 0.3 is 0 Å². The van der Waals surface area contributed by atoms with E-state index in [-0.39, 0.29) is 11.8 Å². The lowest BCUT2D eigenvalue weighted by Gasteiger charge is -2.34. The Hall–Kier alpha value is -1.44. The van der Waals surface area contributed by atoms with Gasteiger partial charge in [-0.25, -0.2) is 0 Å². The Labute approximate surface area is 137 Å². The molecule has 2 aromatic rings. The fourth-order valence-corrected chi connectivity index (χ4v) is 4.65. The van der Waals surface area contributed by atoms with E-state index in [2.05, 4.69) is 11.4 Å². The minimum Gasteiger partial charge on any atom is -0.339 e. The molecule has 0 saturated carbocycles. The Kier molecular flexibility index (Phi) is 4.75. The zero-order valence-corrected chi connectivity index (χ0v) is 14.1. The highest BCUT2D eigenvalue weighted by molar-refractivity contribution is 7.27. The molecular formula is C15H19N3O2S2. The number of fused-ring (bicyclic) bond motifs is 1. The predicted octanol–water partition coefficient (Wildman–Crippen LogP) is 1.86. The highest BCUT2D eigenvalue weighted by Crippen LogP contribution is 2.30. The molecule has 1 saturated heterocycles. The first-order valence-corrected chi connectivity index (χ1v) is 9.07. The van der Waals surface area contributed by atoms with E-state index in [0.717, 1.165) is 4.88 Å². The van der Waals surface area contributed by atoms with Crippen LogP contribution >= 0.6 is 22.7 Å². The fourth-order valence-electron chi connectivity index (χ4n) is 2.58. The van der Waals surface area contributed by atoms with E-state index in [1.165, 1.54) is 9.40 Å². The van der Waals surface area contributed by atoms with Gasteiger partial charge in [0.2, 0.25) is 5.91 Å². The lowest BCUT2D eigenvalue weighted by atomic mass is 10.2. The number of nitrogens with one attached hydrogen (secondary N) is 1. The molecule has 1 aliphatic rings. The van der Waals surface area contributed by atoms with E-state index in [4.69, 9.17) is 0 Å². The van der Waals surface area contributed by atoms with Crippen LogP contribution in [0.2, 0.25) is 0 Å². The minimum absolute atomic E-state index is 0.0933. The summed E-state index contributed by atoms with van der Waals surface area (Å²) < 4.78 is 2.35. The summed E-state index contributed by atoms with van der Waals surface area (Å²) in [7, 11) is 1.84. The van der Waals surface area contributed by atoms with Crippen LogP contribution in [0.5, 0.6) is 0 Å². The number of hydrogen-bond acceptors (Lipinski definition) is 5. The van der Waals surface area contributed by atoms with Crippen LogP contribution in [0.4, 0.5) is 0 Å². The van der Waals surface area contributed by atoms with Crippen LogP contribution in [-0.4, -0.2) is 61.4 Å². The SMILES string of the molecule is CNCCC(=O)N1CCN(C(=O)c2cc3sccc3s2)CC1. The Morgan fingerprint density at radius 3 is 2.59 bits per heavy atom. The van der Waals surface area contributed by atoms with Gasteiger partial charge in [-0.1, -0.05) is 0 Å². The van der Waals surface area contributed by atoms with E-state index in [0.29, 0.717) is 39.1 Å². The molecule has 1 fully saturated rings. The van der Waals surface area contributed by atoms with E-state index in [9.17, 15) is 9.59 Å². The van der Waals surface area contributed by atoms with Gasteiger partial charge < -0.3 is 15.1 Å². The van der Waals surface area contributed by atoms with Crippen molar-refractivity contribution >= 4 is 43.9 Å². The fraction of sp³-hybridized carbons (Fsp3) is 0.467. The van der Waals surface area contributed by atoms with Crippen LogP contribution in [0.25, 0.3) is 9.40 Å². The monoisotopic (exact) mass is 337 g/mol. The van der Waals surface area contributed by atoms with Gasteiger partial charge in [0.25, 0.3) is 5.91 Å². The number of carbonyl (C=O) groups is 2. The second-order valence-electron chi connectivity index (χ2n) is 5.29. The van der Waals surface area contributed by atoms with Crippen molar-refractivity contribution < 1.29 is 9.59 Å². The van der Waals surface area contributed by atoms with E-state index in [1.807, 2.05) is 28.3 Å². The third kappa shape index (κ3) is 3.16. The van der Waals surface area contributed by atoms with Gasteiger partial charge in [0, 0.05) is 48.5 Å². The van der Waals surface area contributed by atoms with Crippen LogP contribution in [0.1, 0.15) is 16.1 Å². The molecular weight excluding hydrogens is 318 g/mol. The Morgan fingerprint density at radius 2 is 1.91 bits per heavy atom. The zero-order chi connectivity index (χ0) is 15.5. The number of piperazine rings is 1.